The maximum Gasteiger partial charge on any atom is 0.157 e. The van der Waals surface area contributed by atoms with Crippen molar-refractivity contribution >= 4 is 16.9 Å². The Morgan fingerprint density at radius 3 is 3.00 bits per heavy atom. The van der Waals surface area contributed by atoms with Crippen LogP contribution in [-0.2, 0) is 4.74 Å². The van der Waals surface area contributed by atoms with Crippen LogP contribution in [-0.4, -0.2) is 35.7 Å². The van der Waals surface area contributed by atoms with Crippen molar-refractivity contribution in [3.05, 3.63) is 0 Å². The molecule has 2 aliphatic rings. The molecular weight excluding hydrogens is 232 g/mol. The molecule has 0 aromatic carbocycles. The molecule has 0 bridgehead atoms. The van der Waals surface area contributed by atoms with Gasteiger partial charge in [-0.15, -0.1) is 0 Å². The van der Waals surface area contributed by atoms with Gasteiger partial charge in [-0.2, -0.15) is 0 Å². The Hall–Kier alpha value is -0.220. The molecule has 17 heavy (non-hydrogen) atoms. The maximum absolute atomic E-state index is 5.57. The molecule has 0 aromatic rings. The Labute approximate surface area is 109 Å². The topological polar surface area (TPSA) is 33.6 Å². The van der Waals surface area contributed by atoms with Gasteiger partial charge < -0.3 is 10.1 Å². The summed E-state index contributed by atoms with van der Waals surface area (Å²) in [5.74, 6) is 1.83. The van der Waals surface area contributed by atoms with Crippen LogP contribution in [0.3, 0.4) is 0 Å². The highest BCUT2D eigenvalue weighted by molar-refractivity contribution is 8.13. The number of ether oxygens (including phenoxy) is 1. The Morgan fingerprint density at radius 2 is 2.35 bits per heavy atom. The smallest absolute Gasteiger partial charge is 0.157 e. The van der Waals surface area contributed by atoms with Crippen LogP contribution in [0.4, 0.5) is 0 Å². The third-order valence-corrected chi connectivity index (χ3v) is 4.47. The normalized spacial score (nSPS) is 34.6. The molecule has 2 unspecified atom stereocenters. The van der Waals surface area contributed by atoms with Crippen molar-refractivity contribution < 1.29 is 4.74 Å². The molecule has 0 amide bonds. The van der Waals surface area contributed by atoms with E-state index in [1.807, 2.05) is 11.8 Å². The quantitative estimate of drug-likeness (QED) is 0.824. The molecule has 1 N–H and O–H groups in total. The molecular formula is C13H24N2OS. The van der Waals surface area contributed by atoms with Crippen molar-refractivity contribution in [1.29, 1.82) is 0 Å². The van der Waals surface area contributed by atoms with Crippen LogP contribution >= 0.6 is 11.8 Å². The molecule has 3 nitrogen and oxygen atoms in total. The summed E-state index contributed by atoms with van der Waals surface area (Å²) in [6.45, 7) is 8.47. The van der Waals surface area contributed by atoms with E-state index in [2.05, 4.69) is 26.1 Å². The van der Waals surface area contributed by atoms with Gasteiger partial charge >= 0.3 is 0 Å². The zero-order valence-corrected chi connectivity index (χ0v) is 12.0. The van der Waals surface area contributed by atoms with Gasteiger partial charge in [-0.3, -0.25) is 4.99 Å². The van der Waals surface area contributed by atoms with E-state index in [4.69, 9.17) is 9.73 Å². The molecule has 0 aromatic heterocycles. The third-order valence-electron chi connectivity index (χ3n) is 3.55. The van der Waals surface area contributed by atoms with Crippen molar-refractivity contribution in [2.45, 2.75) is 51.6 Å². The number of hydrogen-bond acceptors (Lipinski definition) is 4. The van der Waals surface area contributed by atoms with Crippen molar-refractivity contribution in [2.24, 2.45) is 10.9 Å². The van der Waals surface area contributed by atoms with Gasteiger partial charge in [0.1, 0.15) is 0 Å². The van der Waals surface area contributed by atoms with Crippen LogP contribution in [0.25, 0.3) is 0 Å². The standard InChI is InChI=1S/C13H24N2OS/c1-10(2)11-5-8-17-12(14-11)15-13(3)6-4-7-16-9-13/h10-11H,4-9H2,1-3H3,(H,14,15). The summed E-state index contributed by atoms with van der Waals surface area (Å²) in [6.07, 6.45) is 3.54. The minimum absolute atomic E-state index is 0.0863. The van der Waals surface area contributed by atoms with Gasteiger partial charge in [0.15, 0.2) is 5.17 Å². The number of nitrogens with one attached hydrogen (secondary N) is 1. The fourth-order valence-corrected chi connectivity index (χ4v) is 3.45. The minimum Gasteiger partial charge on any atom is -0.379 e. The molecule has 2 atom stereocenters. The molecule has 0 saturated carbocycles. The lowest BCUT2D eigenvalue weighted by atomic mass is 9.95. The third kappa shape index (κ3) is 3.62. The van der Waals surface area contributed by atoms with Gasteiger partial charge in [0.2, 0.25) is 0 Å². The van der Waals surface area contributed by atoms with E-state index in [9.17, 15) is 0 Å². The Morgan fingerprint density at radius 1 is 1.53 bits per heavy atom. The highest BCUT2D eigenvalue weighted by Crippen LogP contribution is 2.25. The molecule has 2 heterocycles. The van der Waals surface area contributed by atoms with Crippen LogP contribution in [0.1, 0.15) is 40.0 Å². The summed E-state index contributed by atoms with van der Waals surface area (Å²) < 4.78 is 5.57. The van der Waals surface area contributed by atoms with E-state index in [-0.39, 0.29) is 5.54 Å². The van der Waals surface area contributed by atoms with Gasteiger partial charge in [-0.25, -0.2) is 0 Å². The molecule has 98 valence electrons. The van der Waals surface area contributed by atoms with Crippen LogP contribution in [0.15, 0.2) is 4.99 Å². The maximum atomic E-state index is 5.57. The minimum atomic E-state index is 0.0863. The largest absolute Gasteiger partial charge is 0.379 e. The van der Waals surface area contributed by atoms with Gasteiger partial charge in [0.05, 0.1) is 18.2 Å². The van der Waals surface area contributed by atoms with Gasteiger partial charge in [0, 0.05) is 12.4 Å². The lowest BCUT2D eigenvalue weighted by molar-refractivity contribution is 0.0374. The summed E-state index contributed by atoms with van der Waals surface area (Å²) in [5.41, 5.74) is 0.0863. The van der Waals surface area contributed by atoms with Gasteiger partial charge in [-0.05, 0) is 32.1 Å². The fraction of sp³-hybridized carbons (Fsp3) is 0.923. The Balaban J connectivity index is 1.97. The summed E-state index contributed by atoms with van der Waals surface area (Å²) in [5, 5.41) is 4.73. The van der Waals surface area contributed by atoms with E-state index < -0.39 is 0 Å². The molecule has 4 heteroatoms. The molecule has 0 radical (unpaired) electrons. The summed E-state index contributed by atoms with van der Waals surface area (Å²) >= 11 is 1.86. The predicted octanol–water partition coefficient (Wildman–Crippen LogP) is 2.66. The number of nitrogens with zero attached hydrogens (tertiary/aromatic N) is 1. The number of hydrogen-bond donors (Lipinski definition) is 1. The molecule has 1 saturated heterocycles. The number of rotatable bonds is 2. The van der Waals surface area contributed by atoms with E-state index in [0.717, 1.165) is 24.8 Å². The van der Waals surface area contributed by atoms with Crippen LogP contribution in [0.5, 0.6) is 0 Å². The first-order valence-corrected chi connectivity index (χ1v) is 7.64. The van der Waals surface area contributed by atoms with E-state index in [1.165, 1.54) is 18.6 Å². The monoisotopic (exact) mass is 256 g/mol. The Bertz CT molecular complexity index is 285. The van der Waals surface area contributed by atoms with Gasteiger partial charge in [-0.1, -0.05) is 25.6 Å². The van der Waals surface area contributed by atoms with Crippen molar-refractivity contribution in [3.8, 4) is 0 Å². The number of amidine groups is 1. The van der Waals surface area contributed by atoms with Crippen LogP contribution in [0, 0.1) is 5.92 Å². The second-order valence-corrected chi connectivity index (χ2v) is 6.81. The summed E-state index contributed by atoms with van der Waals surface area (Å²) in [4.78, 5) is 4.83. The van der Waals surface area contributed by atoms with E-state index in [0.29, 0.717) is 12.0 Å². The second-order valence-electron chi connectivity index (χ2n) is 5.72. The van der Waals surface area contributed by atoms with Crippen LogP contribution in [0.2, 0.25) is 0 Å². The molecule has 2 rings (SSSR count). The molecule has 0 aliphatic carbocycles. The zero-order valence-electron chi connectivity index (χ0n) is 11.2. The first kappa shape index (κ1) is 13.2. The molecule has 1 fully saturated rings. The first-order chi connectivity index (χ1) is 8.09. The predicted molar refractivity (Wildman–Crippen MR) is 74.7 cm³/mol. The van der Waals surface area contributed by atoms with Crippen molar-refractivity contribution in [3.63, 3.8) is 0 Å². The van der Waals surface area contributed by atoms with E-state index in [1.54, 1.807) is 0 Å². The zero-order chi connectivity index (χ0) is 12.3. The summed E-state index contributed by atoms with van der Waals surface area (Å²) in [7, 11) is 0. The second kappa shape index (κ2) is 5.61. The van der Waals surface area contributed by atoms with E-state index >= 15 is 0 Å². The number of thioether (sulfide) groups is 1. The fourth-order valence-electron chi connectivity index (χ4n) is 2.37. The Kier molecular flexibility index (Phi) is 4.36. The lowest BCUT2D eigenvalue weighted by Gasteiger charge is -2.36. The lowest BCUT2D eigenvalue weighted by Crippen LogP contribution is -2.51. The highest BCUT2D eigenvalue weighted by Gasteiger charge is 2.30. The van der Waals surface area contributed by atoms with Gasteiger partial charge in [0.25, 0.3) is 0 Å². The molecule has 0 spiro atoms. The van der Waals surface area contributed by atoms with Crippen molar-refractivity contribution in [1.82, 2.24) is 5.32 Å². The average molecular weight is 256 g/mol. The van der Waals surface area contributed by atoms with Crippen LogP contribution < -0.4 is 5.32 Å². The summed E-state index contributed by atoms with van der Waals surface area (Å²) in [6, 6.07) is 0.492. The highest BCUT2D eigenvalue weighted by atomic mass is 32.2. The number of aliphatic imine (C=N–C) groups is 1. The first-order valence-electron chi connectivity index (χ1n) is 6.66. The SMILES string of the molecule is CC(C)C1CCSC(NC2(C)CCCOC2)=N1. The molecule has 2 aliphatic heterocycles. The average Bonchev–Trinajstić information content (AvgIpc) is 2.29. The van der Waals surface area contributed by atoms with Crippen molar-refractivity contribution in [2.75, 3.05) is 19.0 Å².